The van der Waals surface area contributed by atoms with E-state index in [0.29, 0.717) is 31.3 Å². The average molecular weight is 267 g/mol. The van der Waals surface area contributed by atoms with Gasteiger partial charge in [0, 0.05) is 6.61 Å². The normalized spacial score (nSPS) is 9.67. The highest BCUT2D eigenvalue weighted by Crippen LogP contribution is 2.16. The van der Waals surface area contributed by atoms with Gasteiger partial charge in [-0.1, -0.05) is 30.1 Å². The van der Waals surface area contributed by atoms with Gasteiger partial charge in [0.05, 0.1) is 30.6 Å². The van der Waals surface area contributed by atoms with E-state index in [1.165, 1.54) is 11.3 Å². The highest BCUT2D eigenvalue weighted by Gasteiger charge is 2.05. The van der Waals surface area contributed by atoms with E-state index >= 15 is 0 Å². The highest BCUT2D eigenvalue weighted by molar-refractivity contribution is 7.16. The summed E-state index contributed by atoms with van der Waals surface area (Å²) in [7, 11) is 0. The second-order valence-corrected chi connectivity index (χ2v) is 4.48. The second kappa shape index (κ2) is 8.64. The third-order valence-corrected chi connectivity index (χ3v) is 2.72. The molecule has 1 heterocycles. The number of carbonyl (C=O) groups excluding carboxylic acids is 1. The van der Waals surface area contributed by atoms with Crippen molar-refractivity contribution in [2.75, 3.05) is 25.1 Å². The van der Waals surface area contributed by atoms with Crippen molar-refractivity contribution in [3.63, 3.8) is 0 Å². The van der Waals surface area contributed by atoms with Crippen LogP contribution in [0.3, 0.4) is 0 Å². The van der Waals surface area contributed by atoms with Gasteiger partial charge in [0.25, 0.3) is 0 Å². The molecule has 0 radical (unpaired) electrons. The number of nitrogens with zero attached hydrogens (tertiary/aromatic N) is 1. The standard InChI is InChI=1S/C12H17N3O2S/c1-2-7-17-8-5-11(16)15-12-14-9-10(18-12)4-3-6-13/h9H,2,5-8,13H2,1H3,(H,14,15,16). The zero-order valence-corrected chi connectivity index (χ0v) is 11.2. The molecule has 1 amide bonds. The average Bonchev–Trinajstić information content (AvgIpc) is 2.80. The van der Waals surface area contributed by atoms with E-state index in [9.17, 15) is 4.79 Å². The van der Waals surface area contributed by atoms with Crippen molar-refractivity contribution in [1.29, 1.82) is 0 Å². The Balaban J connectivity index is 2.33. The lowest BCUT2D eigenvalue weighted by Gasteiger charge is -2.02. The number of rotatable bonds is 6. The number of thiazole rings is 1. The fourth-order valence-corrected chi connectivity index (χ4v) is 1.83. The zero-order chi connectivity index (χ0) is 13.2. The largest absolute Gasteiger partial charge is 0.381 e. The van der Waals surface area contributed by atoms with Crippen molar-refractivity contribution in [2.24, 2.45) is 5.73 Å². The summed E-state index contributed by atoms with van der Waals surface area (Å²) in [5.74, 6) is 5.50. The number of aromatic nitrogens is 1. The van der Waals surface area contributed by atoms with Crippen LogP contribution in [0.5, 0.6) is 0 Å². The van der Waals surface area contributed by atoms with Crippen molar-refractivity contribution < 1.29 is 9.53 Å². The molecule has 1 aromatic rings. The van der Waals surface area contributed by atoms with Gasteiger partial charge < -0.3 is 15.8 Å². The van der Waals surface area contributed by atoms with Gasteiger partial charge in [-0.05, 0) is 6.42 Å². The molecule has 0 atom stereocenters. The minimum atomic E-state index is -0.0983. The Morgan fingerprint density at radius 1 is 1.61 bits per heavy atom. The fraction of sp³-hybridized carbons (Fsp3) is 0.500. The monoisotopic (exact) mass is 267 g/mol. The Bertz CT molecular complexity index is 434. The first-order chi connectivity index (χ1) is 8.76. The molecule has 0 saturated carbocycles. The molecule has 0 aliphatic heterocycles. The minimum Gasteiger partial charge on any atom is -0.381 e. The van der Waals surface area contributed by atoms with Gasteiger partial charge in [-0.25, -0.2) is 4.98 Å². The number of anilines is 1. The summed E-state index contributed by atoms with van der Waals surface area (Å²) in [5, 5.41) is 3.26. The van der Waals surface area contributed by atoms with Crippen LogP contribution >= 0.6 is 11.3 Å². The summed E-state index contributed by atoms with van der Waals surface area (Å²) in [6.45, 7) is 3.46. The Hall–Kier alpha value is -1.42. The van der Waals surface area contributed by atoms with Crippen molar-refractivity contribution in [3.8, 4) is 11.8 Å². The predicted octanol–water partition coefficient (Wildman–Crippen LogP) is 1.21. The van der Waals surface area contributed by atoms with Crippen LogP contribution in [-0.4, -0.2) is 30.6 Å². The molecule has 0 aliphatic carbocycles. The molecular weight excluding hydrogens is 250 g/mol. The molecule has 6 heteroatoms. The summed E-state index contributed by atoms with van der Waals surface area (Å²) in [4.78, 5) is 16.4. The van der Waals surface area contributed by atoms with Crippen molar-refractivity contribution in [1.82, 2.24) is 4.98 Å². The summed E-state index contributed by atoms with van der Waals surface area (Å²) in [5.41, 5.74) is 5.27. The van der Waals surface area contributed by atoms with E-state index in [1.54, 1.807) is 6.20 Å². The molecule has 1 aromatic heterocycles. The molecule has 3 N–H and O–H groups in total. The topological polar surface area (TPSA) is 77.2 Å². The summed E-state index contributed by atoms with van der Waals surface area (Å²) in [6.07, 6.45) is 2.91. The number of ether oxygens (including phenoxy) is 1. The van der Waals surface area contributed by atoms with Gasteiger partial charge in [0.15, 0.2) is 5.13 Å². The molecule has 1 rings (SSSR count). The molecule has 0 spiro atoms. The van der Waals surface area contributed by atoms with Crippen LogP contribution in [0.4, 0.5) is 5.13 Å². The highest BCUT2D eigenvalue weighted by atomic mass is 32.1. The number of hydrogen-bond acceptors (Lipinski definition) is 5. The first kappa shape index (κ1) is 14.6. The van der Waals surface area contributed by atoms with Crippen molar-refractivity contribution >= 4 is 22.4 Å². The molecule has 0 unspecified atom stereocenters. The van der Waals surface area contributed by atoms with Gasteiger partial charge in [-0.2, -0.15) is 0 Å². The lowest BCUT2D eigenvalue weighted by atomic mass is 10.4. The van der Waals surface area contributed by atoms with E-state index in [1.807, 2.05) is 6.92 Å². The van der Waals surface area contributed by atoms with Crippen molar-refractivity contribution in [3.05, 3.63) is 11.1 Å². The first-order valence-corrected chi connectivity index (χ1v) is 6.60. The maximum atomic E-state index is 11.5. The van der Waals surface area contributed by atoms with Crippen LogP contribution in [-0.2, 0) is 9.53 Å². The van der Waals surface area contributed by atoms with E-state index in [0.717, 1.165) is 11.3 Å². The Labute approximate surface area is 111 Å². The summed E-state index contributed by atoms with van der Waals surface area (Å²) < 4.78 is 5.24. The minimum absolute atomic E-state index is 0.0983. The third kappa shape index (κ3) is 5.77. The van der Waals surface area contributed by atoms with Crippen LogP contribution in [0.15, 0.2) is 6.20 Å². The molecule has 0 aromatic carbocycles. The maximum absolute atomic E-state index is 11.5. The van der Waals surface area contributed by atoms with E-state index in [4.69, 9.17) is 10.5 Å². The summed E-state index contributed by atoms with van der Waals surface area (Å²) >= 11 is 1.33. The van der Waals surface area contributed by atoms with E-state index in [2.05, 4.69) is 22.1 Å². The van der Waals surface area contributed by atoms with E-state index in [-0.39, 0.29) is 5.91 Å². The summed E-state index contributed by atoms with van der Waals surface area (Å²) in [6, 6.07) is 0. The lowest BCUT2D eigenvalue weighted by Crippen LogP contribution is -2.14. The van der Waals surface area contributed by atoms with E-state index < -0.39 is 0 Å². The number of nitrogens with one attached hydrogen (secondary N) is 1. The van der Waals surface area contributed by atoms with Crippen LogP contribution < -0.4 is 11.1 Å². The van der Waals surface area contributed by atoms with Crippen molar-refractivity contribution in [2.45, 2.75) is 19.8 Å². The van der Waals surface area contributed by atoms with Crippen LogP contribution in [0.25, 0.3) is 0 Å². The Morgan fingerprint density at radius 3 is 3.17 bits per heavy atom. The fourth-order valence-electron chi connectivity index (χ4n) is 1.12. The van der Waals surface area contributed by atoms with Gasteiger partial charge in [0.2, 0.25) is 5.91 Å². The molecule has 0 aliphatic rings. The third-order valence-electron chi connectivity index (χ3n) is 1.89. The van der Waals surface area contributed by atoms with Gasteiger partial charge in [0.1, 0.15) is 0 Å². The first-order valence-electron chi connectivity index (χ1n) is 5.78. The molecule has 18 heavy (non-hydrogen) atoms. The Kier molecular flexibility index (Phi) is 7.03. The number of hydrogen-bond donors (Lipinski definition) is 2. The van der Waals surface area contributed by atoms with Gasteiger partial charge in [-0.3, -0.25) is 4.79 Å². The zero-order valence-electron chi connectivity index (χ0n) is 10.4. The molecule has 0 fully saturated rings. The van der Waals surface area contributed by atoms with Gasteiger partial charge in [-0.15, -0.1) is 0 Å². The molecule has 98 valence electrons. The van der Waals surface area contributed by atoms with Crippen LogP contribution in [0.2, 0.25) is 0 Å². The predicted molar refractivity (Wildman–Crippen MR) is 72.4 cm³/mol. The van der Waals surface area contributed by atoms with Crippen LogP contribution in [0.1, 0.15) is 24.6 Å². The maximum Gasteiger partial charge on any atom is 0.228 e. The molecule has 5 nitrogen and oxygen atoms in total. The lowest BCUT2D eigenvalue weighted by molar-refractivity contribution is -0.117. The van der Waals surface area contributed by atoms with Crippen LogP contribution in [0, 0.1) is 11.8 Å². The SMILES string of the molecule is CCCOCCC(=O)Nc1ncc(C#CCN)s1. The molecule has 0 bridgehead atoms. The number of amides is 1. The molecular formula is C12H17N3O2S. The number of carbonyl (C=O) groups is 1. The quantitative estimate of drug-likeness (QED) is 0.600. The Morgan fingerprint density at radius 2 is 2.44 bits per heavy atom. The smallest absolute Gasteiger partial charge is 0.228 e. The number of nitrogens with two attached hydrogens (primary N) is 1. The van der Waals surface area contributed by atoms with Gasteiger partial charge >= 0.3 is 0 Å². The molecule has 0 saturated heterocycles. The second-order valence-electron chi connectivity index (χ2n) is 3.45.